The minimum atomic E-state index is -2.27. The van der Waals surface area contributed by atoms with Crippen LogP contribution in [0.15, 0.2) is 107 Å². The number of hydrogen-bond acceptors (Lipinski definition) is 13. The number of aliphatic hydroxyl groups is 2. The Balaban J connectivity index is 0.000000324. The van der Waals surface area contributed by atoms with Crippen LogP contribution < -0.4 is 11.1 Å². The van der Waals surface area contributed by atoms with E-state index in [2.05, 4.69) is 5.32 Å². The van der Waals surface area contributed by atoms with Crippen LogP contribution in [0.3, 0.4) is 0 Å². The Hall–Kier alpha value is -5.71. The van der Waals surface area contributed by atoms with Crippen LogP contribution in [-0.2, 0) is 33.4 Å². The largest absolute Gasteiger partial charge is 0.479 e. The first-order valence-electron chi connectivity index (χ1n) is 16.2. The number of aliphatic hydroxyl groups excluding tert-OH is 2. The van der Waals surface area contributed by atoms with Crippen LogP contribution in [0.25, 0.3) is 0 Å². The number of ether oxygens (including phenoxy) is 3. The SMILES string of the molecule is CCOC(=O)C1=C(COCCN)NC(C)=C(C(=O)OC)C1c1ccccc1Cl.O=C(C(=O)c1ccccc1)c1ccccc1.O=C(O)C(O)C(O)C(=O)O. The molecule has 3 aromatic carbocycles. The first kappa shape index (κ1) is 44.5. The van der Waals surface area contributed by atoms with E-state index in [1.54, 1.807) is 86.6 Å². The summed E-state index contributed by atoms with van der Waals surface area (Å²) in [5.41, 5.74) is 8.56. The molecule has 3 aromatic rings. The van der Waals surface area contributed by atoms with Gasteiger partial charge in [0.1, 0.15) is 0 Å². The molecule has 0 bridgehead atoms. The predicted molar refractivity (Wildman–Crippen MR) is 194 cm³/mol. The molecule has 16 heteroatoms. The quantitative estimate of drug-likeness (QED) is 0.0597. The molecule has 0 radical (unpaired) electrons. The molecule has 0 saturated carbocycles. The summed E-state index contributed by atoms with van der Waals surface area (Å²) < 4.78 is 15.8. The molecule has 54 heavy (non-hydrogen) atoms. The van der Waals surface area contributed by atoms with Crippen molar-refractivity contribution in [3.8, 4) is 0 Å². The van der Waals surface area contributed by atoms with Crippen LogP contribution in [-0.4, -0.2) is 102 Å². The van der Waals surface area contributed by atoms with E-state index in [-0.39, 0.29) is 18.8 Å². The molecule has 1 aliphatic heterocycles. The molecule has 7 N–H and O–H groups in total. The number of carboxylic acid groups (broad SMARTS) is 2. The molecule has 1 heterocycles. The summed E-state index contributed by atoms with van der Waals surface area (Å²) in [6.45, 7) is 4.42. The molecule has 3 atom stereocenters. The Labute approximate surface area is 315 Å². The molecule has 0 amide bonds. The summed E-state index contributed by atoms with van der Waals surface area (Å²) in [7, 11) is 1.29. The molecule has 0 fully saturated rings. The fourth-order valence-corrected chi connectivity index (χ4v) is 5.07. The average molecular weight is 769 g/mol. The number of dihydropyridines is 1. The van der Waals surface area contributed by atoms with Gasteiger partial charge in [0.15, 0.2) is 12.2 Å². The van der Waals surface area contributed by atoms with Gasteiger partial charge in [-0.15, -0.1) is 0 Å². The maximum atomic E-state index is 12.9. The number of carbonyl (C=O) groups excluding carboxylic acids is 4. The third kappa shape index (κ3) is 12.5. The maximum absolute atomic E-state index is 12.9. The standard InChI is InChI=1S/C20H25ClN2O5.C14H10O2.C4H6O6/c1-4-28-20(25)18-15(11-27-10-9-22)23-12(2)16(19(24)26-3)17(18)13-7-5-6-8-14(13)21;15-13(11-7-3-1-4-8-11)14(16)12-9-5-2-6-10-12;5-1(3(7)8)2(6)4(9)10/h5-8,17,23H,4,9-11,22H2,1-3H3;1-10H;1-2,5-6H,(H,7,8)(H,9,10). The maximum Gasteiger partial charge on any atom is 0.336 e. The third-order valence-electron chi connectivity index (χ3n) is 7.35. The number of carbonyl (C=O) groups is 6. The van der Waals surface area contributed by atoms with Crippen LogP contribution in [0.5, 0.6) is 0 Å². The van der Waals surface area contributed by atoms with Crippen LogP contribution in [0.1, 0.15) is 46.0 Å². The number of ketones is 2. The number of allylic oxidation sites excluding steroid dienone is 1. The zero-order chi connectivity index (χ0) is 40.4. The topological polar surface area (TPSA) is 249 Å². The third-order valence-corrected chi connectivity index (χ3v) is 7.70. The Bertz CT molecular complexity index is 1780. The van der Waals surface area contributed by atoms with Crippen molar-refractivity contribution >= 4 is 47.0 Å². The summed E-state index contributed by atoms with van der Waals surface area (Å²) >= 11 is 6.42. The molecular formula is C38H41ClN2O13. The minimum absolute atomic E-state index is 0.109. The summed E-state index contributed by atoms with van der Waals surface area (Å²) in [4.78, 5) is 68.6. The smallest absolute Gasteiger partial charge is 0.336 e. The van der Waals surface area contributed by atoms with Gasteiger partial charge in [0.2, 0.25) is 11.6 Å². The molecule has 1 aliphatic rings. The van der Waals surface area contributed by atoms with E-state index in [9.17, 15) is 28.8 Å². The number of aliphatic carboxylic acids is 2. The molecule has 0 aromatic heterocycles. The highest BCUT2D eigenvalue weighted by atomic mass is 35.5. The van der Waals surface area contributed by atoms with Crippen LogP contribution >= 0.6 is 11.6 Å². The number of nitrogens with two attached hydrogens (primary N) is 1. The number of nitrogens with one attached hydrogen (secondary N) is 1. The molecular weight excluding hydrogens is 728 g/mol. The van der Waals surface area contributed by atoms with Crippen LogP contribution in [0.4, 0.5) is 0 Å². The number of esters is 2. The van der Waals surface area contributed by atoms with E-state index in [4.69, 9.17) is 52.0 Å². The van der Waals surface area contributed by atoms with Crippen molar-refractivity contribution in [2.45, 2.75) is 32.0 Å². The normalized spacial score (nSPS) is 14.5. The van der Waals surface area contributed by atoms with E-state index < -0.39 is 53.6 Å². The van der Waals surface area contributed by atoms with Crippen molar-refractivity contribution in [3.63, 3.8) is 0 Å². The number of rotatable bonds is 14. The summed E-state index contributed by atoms with van der Waals surface area (Å²) in [5, 5.41) is 36.0. The van der Waals surface area contributed by atoms with E-state index in [0.717, 1.165) is 0 Å². The highest BCUT2D eigenvalue weighted by Gasteiger charge is 2.39. The number of carboxylic acids is 2. The van der Waals surface area contributed by atoms with Crippen molar-refractivity contribution in [2.75, 3.05) is 33.5 Å². The number of benzene rings is 3. The highest BCUT2D eigenvalue weighted by molar-refractivity contribution is 6.49. The Kier molecular flexibility index (Phi) is 18.4. The lowest BCUT2D eigenvalue weighted by atomic mass is 9.80. The van der Waals surface area contributed by atoms with Crippen LogP contribution in [0, 0.1) is 0 Å². The zero-order valence-corrected chi connectivity index (χ0v) is 30.3. The second-order valence-electron chi connectivity index (χ2n) is 11.0. The summed E-state index contributed by atoms with van der Waals surface area (Å²) in [6.07, 6.45) is -4.53. The van der Waals surface area contributed by atoms with Gasteiger partial charge in [-0.2, -0.15) is 0 Å². The van der Waals surface area contributed by atoms with Gasteiger partial charge in [-0.25, -0.2) is 19.2 Å². The van der Waals surface area contributed by atoms with Gasteiger partial charge in [-0.3, -0.25) is 9.59 Å². The average Bonchev–Trinajstić information content (AvgIpc) is 3.17. The van der Waals surface area contributed by atoms with Crippen molar-refractivity contribution in [1.82, 2.24) is 5.32 Å². The lowest BCUT2D eigenvalue weighted by Crippen LogP contribution is -2.39. The number of Topliss-reactive ketones (excluding diaryl/α,β-unsaturated/α-hetero) is 2. The van der Waals surface area contributed by atoms with Crippen LogP contribution in [0.2, 0.25) is 5.02 Å². The molecule has 4 rings (SSSR count). The molecule has 0 saturated heterocycles. The second-order valence-corrected chi connectivity index (χ2v) is 11.4. The van der Waals surface area contributed by atoms with Gasteiger partial charge in [0.25, 0.3) is 0 Å². The molecule has 3 unspecified atom stereocenters. The second kappa shape index (κ2) is 22.4. The van der Waals surface area contributed by atoms with E-state index in [1.165, 1.54) is 7.11 Å². The first-order chi connectivity index (χ1) is 25.7. The lowest BCUT2D eigenvalue weighted by molar-refractivity contribution is -0.165. The number of methoxy groups -OCH3 is 1. The minimum Gasteiger partial charge on any atom is -0.479 e. The summed E-state index contributed by atoms with van der Waals surface area (Å²) in [5.74, 6) is -6.33. The van der Waals surface area contributed by atoms with Gasteiger partial charge in [0.05, 0.1) is 49.7 Å². The van der Waals surface area contributed by atoms with Crippen molar-refractivity contribution in [2.24, 2.45) is 5.73 Å². The zero-order valence-electron chi connectivity index (χ0n) is 29.6. The van der Waals surface area contributed by atoms with E-state index in [1.807, 2.05) is 12.1 Å². The van der Waals surface area contributed by atoms with E-state index in [0.29, 0.717) is 51.8 Å². The predicted octanol–water partition coefficient (Wildman–Crippen LogP) is 2.90. The molecule has 15 nitrogen and oxygen atoms in total. The highest BCUT2D eigenvalue weighted by Crippen LogP contribution is 2.41. The van der Waals surface area contributed by atoms with Gasteiger partial charge in [-0.1, -0.05) is 90.5 Å². The summed E-state index contributed by atoms with van der Waals surface area (Å²) in [6, 6.07) is 24.2. The van der Waals surface area contributed by atoms with Crippen molar-refractivity contribution in [1.29, 1.82) is 0 Å². The first-order valence-corrected chi connectivity index (χ1v) is 16.6. The van der Waals surface area contributed by atoms with Crippen molar-refractivity contribution < 1.29 is 63.4 Å². The number of halogens is 1. The fourth-order valence-electron chi connectivity index (χ4n) is 4.83. The monoisotopic (exact) mass is 768 g/mol. The van der Waals surface area contributed by atoms with Gasteiger partial charge < -0.3 is 45.7 Å². The Morgan fingerprint density at radius 3 is 1.69 bits per heavy atom. The number of hydrogen-bond donors (Lipinski definition) is 6. The Morgan fingerprint density at radius 2 is 1.26 bits per heavy atom. The van der Waals surface area contributed by atoms with Gasteiger partial charge in [0, 0.05) is 28.4 Å². The Morgan fingerprint density at radius 1 is 0.778 bits per heavy atom. The molecule has 288 valence electrons. The van der Waals surface area contributed by atoms with Gasteiger partial charge >= 0.3 is 23.9 Å². The fraction of sp³-hybridized carbons (Fsp3) is 0.263. The van der Waals surface area contributed by atoms with E-state index >= 15 is 0 Å². The molecule has 0 aliphatic carbocycles. The molecule has 0 spiro atoms. The van der Waals surface area contributed by atoms with Crippen molar-refractivity contribution in [3.05, 3.63) is 129 Å². The lowest BCUT2D eigenvalue weighted by Gasteiger charge is -2.31. The van der Waals surface area contributed by atoms with Gasteiger partial charge in [-0.05, 0) is 25.5 Å².